The molecule has 1 aromatic heterocycles. The van der Waals surface area contributed by atoms with Gasteiger partial charge in [-0.15, -0.1) is 0 Å². The van der Waals surface area contributed by atoms with Crippen LogP contribution in [0.15, 0.2) is 42.5 Å². The molecule has 3 aromatic rings. The molecular formula is C15H14ClN3. The first kappa shape index (κ1) is 12.1. The molecule has 2 aromatic carbocycles. The Morgan fingerprint density at radius 1 is 1.21 bits per heavy atom. The van der Waals surface area contributed by atoms with Gasteiger partial charge in [0.05, 0.1) is 16.1 Å². The monoisotopic (exact) mass is 271 g/mol. The predicted molar refractivity (Wildman–Crippen MR) is 80.3 cm³/mol. The first-order valence-corrected chi connectivity index (χ1v) is 6.59. The molecule has 2 N–H and O–H groups in total. The minimum Gasteiger partial charge on any atom is -0.399 e. The number of hydrogen-bond donors (Lipinski definition) is 1. The fraction of sp³-hybridized carbons (Fsp3) is 0.133. The summed E-state index contributed by atoms with van der Waals surface area (Å²) in [6.45, 7) is 2.94. The lowest BCUT2D eigenvalue weighted by Gasteiger charge is -2.08. The van der Waals surface area contributed by atoms with Crippen LogP contribution in [0.5, 0.6) is 0 Å². The first-order chi connectivity index (χ1) is 9.20. The molecule has 0 spiro atoms. The van der Waals surface area contributed by atoms with Crippen LogP contribution in [-0.4, -0.2) is 9.55 Å². The molecule has 0 aliphatic heterocycles. The highest BCUT2D eigenvalue weighted by Gasteiger charge is 2.13. The van der Waals surface area contributed by atoms with Gasteiger partial charge in [0.2, 0.25) is 0 Å². The number of nitrogens with two attached hydrogens (primary N) is 1. The number of imidazole rings is 1. The van der Waals surface area contributed by atoms with Crippen LogP contribution in [0.25, 0.3) is 22.4 Å². The summed E-state index contributed by atoms with van der Waals surface area (Å²) in [7, 11) is 0. The molecule has 96 valence electrons. The third-order valence-electron chi connectivity index (χ3n) is 3.20. The zero-order valence-electron chi connectivity index (χ0n) is 10.6. The Kier molecular flexibility index (Phi) is 2.91. The van der Waals surface area contributed by atoms with E-state index in [1.165, 1.54) is 0 Å². The number of aryl methyl sites for hydroxylation is 1. The Morgan fingerprint density at radius 2 is 2.00 bits per heavy atom. The SMILES string of the molecule is CCn1c(-c2ccc(N)cc2Cl)nc2ccccc21. The molecule has 0 bridgehead atoms. The van der Waals surface area contributed by atoms with E-state index >= 15 is 0 Å². The Balaban J connectivity index is 2.30. The van der Waals surface area contributed by atoms with Crippen molar-refractivity contribution in [2.45, 2.75) is 13.5 Å². The van der Waals surface area contributed by atoms with E-state index in [2.05, 4.69) is 22.5 Å². The van der Waals surface area contributed by atoms with Gasteiger partial charge in [-0.3, -0.25) is 0 Å². The van der Waals surface area contributed by atoms with E-state index in [9.17, 15) is 0 Å². The van der Waals surface area contributed by atoms with Crippen LogP contribution in [0, 0.1) is 0 Å². The third kappa shape index (κ3) is 1.96. The smallest absolute Gasteiger partial charge is 0.142 e. The standard InChI is InChI=1S/C15H14ClN3/c1-2-19-14-6-4-3-5-13(14)18-15(19)11-8-7-10(17)9-12(11)16/h3-9H,2,17H2,1H3. The number of hydrogen-bond acceptors (Lipinski definition) is 2. The van der Waals surface area contributed by atoms with E-state index in [4.69, 9.17) is 17.3 Å². The predicted octanol–water partition coefficient (Wildman–Crippen LogP) is 3.96. The molecule has 0 aliphatic rings. The molecule has 3 rings (SSSR count). The summed E-state index contributed by atoms with van der Waals surface area (Å²) in [6, 6.07) is 13.6. The number of aromatic nitrogens is 2. The Bertz CT molecular complexity index is 746. The van der Waals surface area contributed by atoms with Crippen LogP contribution in [0.3, 0.4) is 0 Å². The molecule has 3 nitrogen and oxygen atoms in total. The number of rotatable bonds is 2. The molecule has 0 fully saturated rings. The quantitative estimate of drug-likeness (QED) is 0.717. The van der Waals surface area contributed by atoms with Gasteiger partial charge in [0, 0.05) is 17.8 Å². The first-order valence-electron chi connectivity index (χ1n) is 6.21. The Hall–Kier alpha value is -2.00. The molecule has 0 amide bonds. The molecular weight excluding hydrogens is 258 g/mol. The second kappa shape index (κ2) is 4.59. The molecule has 0 radical (unpaired) electrons. The maximum absolute atomic E-state index is 6.29. The lowest BCUT2D eigenvalue weighted by molar-refractivity contribution is 0.796. The second-order valence-corrected chi connectivity index (χ2v) is 4.81. The van der Waals surface area contributed by atoms with Gasteiger partial charge in [0.1, 0.15) is 5.82 Å². The van der Waals surface area contributed by atoms with Crippen LogP contribution in [0.2, 0.25) is 5.02 Å². The van der Waals surface area contributed by atoms with Crippen molar-refractivity contribution in [3.63, 3.8) is 0 Å². The van der Waals surface area contributed by atoms with E-state index in [-0.39, 0.29) is 0 Å². The number of nitrogen functional groups attached to an aromatic ring is 1. The summed E-state index contributed by atoms with van der Waals surface area (Å²) in [5, 5.41) is 0.630. The van der Waals surface area contributed by atoms with E-state index in [0.29, 0.717) is 10.7 Å². The minimum absolute atomic E-state index is 0.630. The molecule has 0 saturated heterocycles. The van der Waals surface area contributed by atoms with Crippen LogP contribution >= 0.6 is 11.6 Å². The van der Waals surface area contributed by atoms with Gasteiger partial charge < -0.3 is 10.3 Å². The van der Waals surface area contributed by atoms with E-state index < -0.39 is 0 Å². The summed E-state index contributed by atoms with van der Waals surface area (Å²) in [4.78, 5) is 4.68. The van der Waals surface area contributed by atoms with E-state index in [1.807, 2.05) is 30.3 Å². The number of benzene rings is 2. The molecule has 1 heterocycles. The van der Waals surface area contributed by atoms with Crippen molar-refractivity contribution in [3.8, 4) is 11.4 Å². The highest BCUT2D eigenvalue weighted by Crippen LogP contribution is 2.31. The topological polar surface area (TPSA) is 43.8 Å². The molecule has 4 heteroatoms. The molecule has 0 atom stereocenters. The van der Waals surface area contributed by atoms with E-state index in [0.717, 1.165) is 29.0 Å². The van der Waals surface area contributed by atoms with Gasteiger partial charge >= 0.3 is 0 Å². The van der Waals surface area contributed by atoms with Crippen molar-refractivity contribution in [2.24, 2.45) is 0 Å². The minimum atomic E-state index is 0.630. The average Bonchev–Trinajstić information content (AvgIpc) is 2.76. The fourth-order valence-electron chi connectivity index (χ4n) is 2.31. The van der Waals surface area contributed by atoms with Crippen molar-refractivity contribution in [1.82, 2.24) is 9.55 Å². The summed E-state index contributed by atoms with van der Waals surface area (Å²) in [5.74, 6) is 0.883. The maximum atomic E-state index is 6.29. The van der Waals surface area contributed by atoms with Crippen molar-refractivity contribution >= 4 is 28.3 Å². The van der Waals surface area contributed by atoms with Gasteiger partial charge in [-0.1, -0.05) is 23.7 Å². The second-order valence-electron chi connectivity index (χ2n) is 4.41. The van der Waals surface area contributed by atoms with Gasteiger partial charge in [-0.25, -0.2) is 4.98 Å². The van der Waals surface area contributed by atoms with E-state index in [1.54, 1.807) is 6.07 Å². The summed E-state index contributed by atoms with van der Waals surface area (Å²) in [6.07, 6.45) is 0. The zero-order chi connectivity index (χ0) is 13.4. The number of halogens is 1. The number of anilines is 1. The van der Waals surface area contributed by atoms with Crippen LogP contribution in [-0.2, 0) is 6.54 Å². The Morgan fingerprint density at radius 3 is 2.74 bits per heavy atom. The van der Waals surface area contributed by atoms with Gasteiger partial charge in [-0.05, 0) is 37.3 Å². The fourth-order valence-corrected chi connectivity index (χ4v) is 2.59. The van der Waals surface area contributed by atoms with Crippen LogP contribution in [0.1, 0.15) is 6.92 Å². The molecule has 19 heavy (non-hydrogen) atoms. The number of para-hydroxylation sites is 2. The van der Waals surface area contributed by atoms with Gasteiger partial charge in [-0.2, -0.15) is 0 Å². The number of fused-ring (bicyclic) bond motifs is 1. The molecule has 0 aliphatic carbocycles. The van der Waals surface area contributed by atoms with Crippen molar-refractivity contribution < 1.29 is 0 Å². The highest BCUT2D eigenvalue weighted by atomic mass is 35.5. The summed E-state index contributed by atoms with van der Waals surface area (Å²) in [5.41, 5.74) is 9.41. The van der Waals surface area contributed by atoms with Crippen molar-refractivity contribution in [3.05, 3.63) is 47.5 Å². The molecule has 0 saturated carbocycles. The number of nitrogens with zero attached hydrogens (tertiary/aromatic N) is 2. The highest BCUT2D eigenvalue weighted by molar-refractivity contribution is 6.33. The largest absolute Gasteiger partial charge is 0.399 e. The average molecular weight is 272 g/mol. The van der Waals surface area contributed by atoms with Gasteiger partial charge in [0.15, 0.2) is 0 Å². The third-order valence-corrected chi connectivity index (χ3v) is 3.52. The lowest BCUT2D eigenvalue weighted by atomic mass is 10.2. The van der Waals surface area contributed by atoms with Crippen LogP contribution in [0.4, 0.5) is 5.69 Å². The summed E-state index contributed by atoms with van der Waals surface area (Å²) >= 11 is 6.29. The molecule has 0 unspecified atom stereocenters. The maximum Gasteiger partial charge on any atom is 0.142 e. The van der Waals surface area contributed by atoms with Gasteiger partial charge in [0.25, 0.3) is 0 Å². The lowest BCUT2D eigenvalue weighted by Crippen LogP contribution is -1.98. The zero-order valence-corrected chi connectivity index (χ0v) is 11.4. The van der Waals surface area contributed by atoms with Crippen molar-refractivity contribution in [1.29, 1.82) is 0 Å². The van der Waals surface area contributed by atoms with Crippen molar-refractivity contribution in [2.75, 3.05) is 5.73 Å². The summed E-state index contributed by atoms with van der Waals surface area (Å²) < 4.78 is 2.16. The Labute approximate surface area is 116 Å². The van der Waals surface area contributed by atoms with Crippen LogP contribution < -0.4 is 5.73 Å². The normalized spacial score (nSPS) is 11.1.